The first-order chi connectivity index (χ1) is 9.42. The van der Waals surface area contributed by atoms with Crippen LogP contribution in [0.1, 0.15) is 6.42 Å². The van der Waals surface area contributed by atoms with Gasteiger partial charge in [0.15, 0.2) is 0 Å². The van der Waals surface area contributed by atoms with Crippen molar-refractivity contribution < 1.29 is 19.4 Å². The van der Waals surface area contributed by atoms with Gasteiger partial charge in [0.25, 0.3) is 5.56 Å². The fourth-order valence-corrected chi connectivity index (χ4v) is 1.88. The summed E-state index contributed by atoms with van der Waals surface area (Å²) in [6, 6.07) is 2.93. The molecule has 1 amide bonds. The predicted molar refractivity (Wildman–Crippen MR) is 74.5 cm³/mol. The molecule has 0 radical (unpaired) electrons. The molecule has 1 rings (SSSR count). The number of nitrogens with one attached hydrogen (secondary N) is 1. The summed E-state index contributed by atoms with van der Waals surface area (Å²) in [6.45, 7) is -0.0633. The molecule has 110 valence electrons. The van der Waals surface area contributed by atoms with Gasteiger partial charge in [-0.05, 0) is 22.0 Å². The van der Waals surface area contributed by atoms with Crippen LogP contribution in [0.2, 0.25) is 0 Å². The number of hydrogen-bond donors (Lipinski definition) is 2. The Kier molecular flexibility index (Phi) is 6.40. The van der Waals surface area contributed by atoms with E-state index in [0.29, 0.717) is 4.47 Å². The molecule has 0 bridgehead atoms. The largest absolute Gasteiger partial charge is 0.481 e. The van der Waals surface area contributed by atoms with Gasteiger partial charge in [0.2, 0.25) is 5.91 Å². The Morgan fingerprint density at radius 3 is 2.80 bits per heavy atom. The van der Waals surface area contributed by atoms with E-state index in [1.807, 2.05) is 0 Å². The van der Waals surface area contributed by atoms with Crippen LogP contribution in [0.4, 0.5) is 0 Å². The average Bonchev–Trinajstić information content (AvgIpc) is 2.38. The molecule has 0 aliphatic heterocycles. The van der Waals surface area contributed by atoms with E-state index < -0.39 is 18.0 Å². The van der Waals surface area contributed by atoms with Gasteiger partial charge in [-0.3, -0.25) is 14.4 Å². The maximum Gasteiger partial charge on any atom is 0.306 e. The Bertz CT molecular complexity index is 543. The second-order valence-corrected chi connectivity index (χ2v) is 4.99. The van der Waals surface area contributed by atoms with E-state index in [2.05, 4.69) is 21.2 Å². The Balaban J connectivity index is 2.53. The molecule has 1 heterocycles. The molecule has 1 aromatic heterocycles. The standard InChI is InChI=1S/C12H15BrN2O5/c1-20-9(4-12(18)19)5-14-10(16)7-15-6-8(13)2-3-11(15)17/h2-3,6,9H,4-5,7H2,1H3,(H,14,16)(H,18,19). The number of aromatic nitrogens is 1. The number of nitrogens with zero attached hydrogens (tertiary/aromatic N) is 1. The highest BCUT2D eigenvalue weighted by atomic mass is 79.9. The van der Waals surface area contributed by atoms with Crippen LogP contribution in [-0.4, -0.2) is 41.3 Å². The van der Waals surface area contributed by atoms with Crippen LogP contribution in [0.25, 0.3) is 0 Å². The molecule has 0 saturated carbocycles. The van der Waals surface area contributed by atoms with Crippen molar-refractivity contribution in [3.8, 4) is 0 Å². The first kappa shape index (κ1) is 16.4. The number of halogens is 1. The zero-order valence-electron chi connectivity index (χ0n) is 10.8. The van der Waals surface area contributed by atoms with Crippen molar-refractivity contribution in [1.82, 2.24) is 9.88 Å². The minimum atomic E-state index is -1.01. The van der Waals surface area contributed by atoms with Crippen LogP contribution >= 0.6 is 15.9 Å². The van der Waals surface area contributed by atoms with Gasteiger partial charge in [-0.2, -0.15) is 0 Å². The second kappa shape index (κ2) is 7.81. The Hall–Kier alpha value is -1.67. The molecular weight excluding hydrogens is 332 g/mol. The number of aliphatic carboxylic acids is 1. The molecule has 7 nitrogen and oxygen atoms in total. The number of hydrogen-bond acceptors (Lipinski definition) is 4. The molecule has 1 atom stereocenters. The van der Waals surface area contributed by atoms with Crippen molar-refractivity contribution in [3.63, 3.8) is 0 Å². The molecule has 2 N–H and O–H groups in total. The third-order valence-electron chi connectivity index (χ3n) is 2.52. The maximum atomic E-state index is 11.7. The topological polar surface area (TPSA) is 97.6 Å². The SMILES string of the molecule is COC(CNC(=O)Cn1cc(Br)ccc1=O)CC(=O)O. The quantitative estimate of drug-likeness (QED) is 0.735. The first-order valence-corrected chi connectivity index (χ1v) is 6.59. The van der Waals surface area contributed by atoms with E-state index in [0.717, 1.165) is 0 Å². The van der Waals surface area contributed by atoms with Gasteiger partial charge in [-0.1, -0.05) is 0 Å². The molecule has 0 aliphatic carbocycles. The number of methoxy groups -OCH3 is 1. The van der Waals surface area contributed by atoms with Gasteiger partial charge < -0.3 is 19.7 Å². The van der Waals surface area contributed by atoms with Crippen LogP contribution in [0.3, 0.4) is 0 Å². The number of ether oxygens (including phenoxy) is 1. The molecular formula is C12H15BrN2O5. The van der Waals surface area contributed by atoms with Gasteiger partial charge in [-0.25, -0.2) is 0 Å². The highest BCUT2D eigenvalue weighted by Gasteiger charge is 2.13. The van der Waals surface area contributed by atoms with Crippen molar-refractivity contribution in [2.75, 3.05) is 13.7 Å². The Morgan fingerprint density at radius 1 is 1.50 bits per heavy atom. The van der Waals surface area contributed by atoms with E-state index >= 15 is 0 Å². The summed E-state index contributed by atoms with van der Waals surface area (Å²) in [6.07, 6.45) is 0.705. The molecule has 0 saturated heterocycles. The van der Waals surface area contributed by atoms with Crippen LogP contribution in [-0.2, 0) is 20.9 Å². The lowest BCUT2D eigenvalue weighted by Gasteiger charge is -2.14. The first-order valence-electron chi connectivity index (χ1n) is 5.79. The van der Waals surface area contributed by atoms with Gasteiger partial charge in [0.05, 0.1) is 12.5 Å². The average molecular weight is 347 g/mol. The van der Waals surface area contributed by atoms with E-state index in [1.54, 1.807) is 6.07 Å². The van der Waals surface area contributed by atoms with Crippen LogP contribution in [0.5, 0.6) is 0 Å². The van der Waals surface area contributed by atoms with E-state index in [9.17, 15) is 14.4 Å². The van der Waals surface area contributed by atoms with Crippen LogP contribution in [0.15, 0.2) is 27.6 Å². The molecule has 0 fully saturated rings. The Morgan fingerprint density at radius 2 is 2.20 bits per heavy atom. The van der Waals surface area contributed by atoms with Crippen LogP contribution in [0, 0.1) is 0 Å². The third kappa shape index (κ3) is 5.54. The lowest BCUT2D eigenvalue weighted by atomic mass is 10.2. The van der Waals surface area contributed by atoms with Gasteiger partial charge in [-0.15, -0.1) is 0 Å². The molecule has 0 spiro atoms. The molecule has 0 aromatic carbocycles. The number of carboxylic acid groups (broad SMARTS) is 1. The molecule has 20 heavy (non-hydrogen) atoms. The smallest absolute Gasteiger partial charge is 0.306 e. The number of carbonyl (C=O) groups excluding carboxylic acids is 1. The van der Waals surface area contributed by atoms with Gasteiger partial charge >= 0.3 is 5.97 Å². The summed E-state index contributed by atoms with van der Waals surface area (Å²) in [4.78, 5) is 33.7. The fraction of sp³-hybridized carbons (Fsp3) is 0.417. The van der Waals surface area contributed by atoms with Gasteiger partial charge in [0.1, 0.15) is 6.54 Å². The number of amides is 1. The van der Waals surface area contributed by atoms with E-state index in [-0.39, 0.29) is 25.1 Å². The van der Waals surface area contributed by atoms with Crippen molar-refractivity contribution >= 4 is 27.8 Å². The number of carbonyl (C=O) groups is 2. The Labute approximate surface area is 123 Å². The normalized spacial score (nSPS) is 11.9. The minimum Gasteiger partial charge on any atom is -0.481 e. The molecule has 8 heteroatoms. The van der Waals surface area contributed by atoms with Crippen molar-refractivity contribution in [2.45, 2.75) is 19.1 Å². The van der Waals surface area contributed by atoms with Gasteiger partial charge in [0, 0.05) is 30.4 Å². The van der Waals surface area contributed by atoms with E-state index in [4.69, 9.17) is 9.84 Å². The number of rotatable bonds is 7. The third-order valence-corrected chi connectivity index (χ3v) is 2.99. The summed E-state index contributed by atoms with van der Waals surface area (Å²) >= 11 is 3.21. The molecule has 0 aliphatic rings. The van der Waals surface area contributed by atoms with E-state index in [1.165, 1.54) is 23.9 Å². The summed E-state index contributed by atoms with van der Waals surface area (Å²) in [5, 5.41) is 11.2. The highest BCUT2D eigenvalue weighted by molar-refractivity contribution is 9.10. The monoisotopic (exact) mass is 346 g/mol. The van der Waals surface area contributed by atoms with Crippen molar-refractivity contribution in [1.29, 1.82) is 0 Å². The van der Waals surface area contributed by atoms with Crippen molar-refractivity contribution in [2.24, 2.45) is 0 Å². The zero-order chi connectivity index (χ0) is 15.1. The predicted octanol–water partition coefficient (Wildman–Crippen LogP) is 0.217. The molecule has 1 aromatic rings. The lowest BCUT2D eigenvalue weighted by Crippen LogP contribution is -2.37. The lowest BCUT2D eigenvalue weighted by molar-refractivity contribution is -0.140. The summed E-state index contributed by atoms with van der Waals surface area (Å²) < 4.78 is 6.87. The fourth-order valence-electron chi connectivity index (χ4n) is 1.50. The minimum absolute atomic E-state index is 0.0738. The number of pyridine rings is 1. The summed E-state index contributed by atoms with van der Waals surface area (Å²) in [5.74, 6) is -1.40. The summed E-state index contributed by atoms with van der Waals surface area (Å²) in [7, 11) is 1.37. The maximum absolute atomic E-state index is 11.7. The van der Waals surface area contributed by atoms with Crippen molar-refractivity contribution in [3.05, 3.63) is 33.2 Å². The summed E-state index contributed by atoms with van der Waals surface area (Å²) in [5.41, 5.74) is -0.294. The van der Waals surface area contributed by atoms with Crippen LogP contribution < -0.4 is 10.9 Å². The highest BCUT2D eigenvalue weighted by Crippen LogP contribution is 2.04. The molecule has 1 unspecified atom stereocenters. The zero-order valence-corrected chi connectivity index (χ0v) is 12.4. The number of carboxylic acids is 1. The second-order valence-electron chi connectivity index (χ2n) is 4.07.